The fraction of sp³-hybridized carbons (Fsp3) is 0.833. The molecule has 25 heavy (non-hydrogen) atoms. The van der Waals surface area contributed by atoms with Crippen molar-refractivity contribution in [3.8, 4) is 6.07 Å². The fourth-order valence-corrected chi connectivity index (χ4v) is 4.24. The smallest absolute Gasteiger partial charge is 0.451 e. The van der Waals surface area contributed by atoms with E-state index >= 15 is 0 Å². The Hall–Kier alpha value is -1.27. The summed E-state index contributed by atoms with van der Waals surface area (Å²) in [7, 11) is -5.60. The van der Waals surface area contributed by atoms with Gasteiger partial charge in [0.1, 0.15) is 11.6 Å². The zero-order valence-electron chi connectivity index (χ0n) is 13.9. The normalized spacial score (nSPS) is 26.8. The molecule has 1 fully saturated rings. The highest BCUT2D eigenvalue weighted by atomic mass is 32.2. The number of nitrogens with one attached hydrogen (secondary N) is 1. The lowest BCUT2D eigenvalue weighted by Crippen LogP contribution is -2.56. The minimum absolute atomic E-state index is 0.0330. The predicted octanol–water partition coefficient (Wildman–Crippen LogP) is -2.97. The van der Waals surface area contributed by atoms with Crippen molar-refractivity contribution >= 4 is 23.3 Å². The largest absolute Gasteiger partial charge is 0.480 e. The lowest BCUT2D eigenvalue weighted by Gasteiger charge is -2.25. The topological polar surface area (TPSA) is 203 Å². The first-order valence-electron chi connectivity index (χ1n) is 7.75. The molecule has 0 radical (unpaired) electrons. The van der Waals surface area contributed by atoms with Crippen LogP contribution in [0.25, 0.3) is 0 Å². The first kappa shape index (κ1) is 21.8. The molecular weight excluding hydrogens is 353 g/mol. The molecule has 0 spiro atoms. The molecule has 0 bridgehead atoms. The average molecular weight is 377 g/mol. The summed E-state index contributed by atoms with van der Waals surface area (Å²) in [5.74, 6) is -2.03. The molecule has 142 valence electrons. The summed E-state index contributed by atoms with van der Waals surface area (Å²) < 4.78 is 28.0. The number of aliphatic carboxylic acids is 1. The lowest BCUT2D eigenvalue weighted by atomic mass is 9.78. The number of nitriles is 1. The first-order chi connectivity index (χ1) is 11.4. The van der Waals surface area contributed by atoms with E-state index in [1.165, 1.54) is 6.92 Å². The molecule has 0 aromatic rings. The van der Waals surface area contributed by atoms with Gasteiger partial charge in [-0.2, -0.15) is 22.7 Å². The first-order valence-corrected chi connectivity index (χ1v) is 9.19. The molecule has 0 aromatic carbocycles. The maximum atomic E-state index is 12.4. The monoisotopic (exact) mass is 377 g/mol. The second kappa shape index (κ2) is 8.41. The molecule has 1 unspecified atom stereocenters. The van der Waals surface area contributed by atoms with Crippen LogP contribution in [-0.2, 0) is 15.0 Å². The van der Waals surface area contributed by atoms with E-state index in [1.54, 1.807) is 6.07 Å². The van der Waals surface area contributed by atoms with E-state index in [9.17, 15) is 18.3 Å². The maximum Gasteiger partial charge on any atom is 0.451 e. The van der Waals surface area contributed by atoms with Gasteiger partial charge >= 0.3 is 13.1 Å². The number of carbonyl (C=O) groups is 1. The Kier molecular flexibility index (Phi) is 7.33. The van der Waals surface area contributed by atoms with Crippen molar-refractivity contribution in [2.75, 3.05) is 13.1 Å². The summed E-state index contributed by atoms with van der Waals surface area (Å²) >= 11 is 0. The third-order valence-corrected chi connectivity index (χ3v) is 5.99. The number of carboxylic acids is 1. The Bertz CT molecular complexity index is 626. The molecule has 1 aliphatic rings. The van der Waals surface area contributed by atoms with Crippen LogP contribution < -0.4 is 16.2 Å². The van der Waals surface area contributed by atoms with Gasteiger partial charge in [-0.25, -0.2) is 0 Å². The quantitative estimate of drug-likeness (QED) is 0.227. The molecule has 0 aromatic heterocycles. The van der Waals surface area contributed by atoms with Gasteiger partial charge in [0.2, 0.25) is 0 Å². The standard InChI is InChI=1S/C12H24BN5O6S/c1-8(10(15)5-14)17-25(23,24)18-6-9(3-2-4-13(21)22)12(16,7-18)11(19)20/h8-10,17,21-22H,2-4,6-7,15-16H2,1H3,(H,19,20)/t8-,9+,10?,12+/m1/s1. The van der Waals surface area contributed by atoms with Crippen LogP contribution in [0.5, 0.6) is 0 Å². The van der Waals surface area contributed by atoms with Gasteiger partial charge in [-0.1, -0.05) is 6.42 Å². The summed E-state index contributed by atoms with van der Waals surface area (Å²) in [6.07, 6.45) is 0.538. The van der Waals surface area contributed by atoms with Crippen molar-refractivity contribution in [3.63, 3.8) is 0 Å². The Morgan fingerprint density at radius 2 is 2.16 bits per heavy atom. The van der Waals surface area contributed by atoms with E-state index < -0.39 is 53.4 Å². The second-order valence-corrected chi connectivity index (χ2v) is 8.02. The summed E-state index contributed by atoms with van der Waals surface area (Å²) in [5, 5.41) is 35.9. The fourth-order valence-electron chi connectivity index (χ4n) is 2.71. The van der Waals surface area contributed by atoms with Gasteiger partial charge in [-0.3, -0.25) is 4.79 Å². The third kappa shape index (κ3) is 5.35. The van der Waals surface area contributed by atoms with Crippen LogP contribution in [0, 0.1) is 17.2 Å². The van der Waals surface area contributed by atoms with Crippen molar-refractivity contribution in [1.82, 2.24) is 9.03 Å². The minimum Gasteiger partial charge on any atom is -0.480 e. The molecule has 1 heterocycles. The molecule has 1 saturated heterocycles. The van der Waals surface area contributed by atoms with Crippen molar-refractivity contribution < 1.29 is 28.4 Å². The summed E-state index contributed by atoms with van der Waals surface area (Å²) in [4.78, 5) is 11.6. The molecule has 1 rings (SSSR count). The van der Waals surface area contributed by atoms with Gasteiger partial charge in [0, 0.05) is 25.0 Å². The van der Waals surface area contributed by atoms with Crippen molar-refractivity contribution in [3.05, 3.63) is 0 Å². The molecule has 4 atom stereocenters. The van der Waals surface area contributed by atoms with Crippen LogP contribution in [-0.4, -0.2) is 71.7 Å². The maximum absolute atomic E-state index is 12.4. The van der Waals surface area contributed by atoms with Gasteiger partial charge in [-0.15, -0.1) is 0 Å². The average Bonchev–Trinajstić information content (AvgIpc) is 2.85. The van der Waals surface area contributed by atoms with Gasteiger partial charge in [0.25, 0.3) is 10.2 Å². The summed E-state index contributed by atoms with van der Waals surface area (Å²) in [6.45, 7) is 0.862. The Labute approximate surface area is 146 Å². The molecule has 1 aliphatic heterocycles. The van der Waals surface area contributed by atoms with Crippen molar-refractivity contribution in [2.45, 2.75) is 43.7 Å². The lowest BCUT2D eigenvalue weighted by molar-refractivity contribution is -0.144. The number of hydrogen-bond donors (Lipinski definition) is 6. The van der Waals surface area contributed by atoms with E-state index in [-0.39, 0.29) is 25.7 Å². The van der Waals surface area contributed by atoms with Crippen LogP contribution in [0.1, 0.15) is 19.8 Å². The van der Waals surface area contributed by atoms with Gasteiger partial charge < -0.3 is 26.6 Å². The molecule has 0 aliphatic carbocycles. The van der Waals surface area contributed by atoms with Gasteiger partial charge in [0.15, 0.2) is 0 Å². The molecule has 13 heteroatoms. The van der Waals surface area contributed by atoms with E-state index in [2.05, 4.69) is 4.72 Å². The number of nitrogens with two attached hydrogens (primary N) is 2. The minimum atomic E-state index is -4.08. The summed E-state index contributed by atoms with van der Waals surface area (Å²) in [6, 6.07) is -0.194. The predicted molar refractivity (Wildman–Crippen MR) is 89.0 cm³/mol. The number of hydrogen-bond acceptors (Lipinski definition) is 8. The highest BCUT2D eigenvalue weighted by molar-refractivity contribution is 7.87. The van der Waals surface area contributed by atoms with Crippen LogP contribution in [0.3, 0.4) is 0 Å². The second-order valence-electron chi connectivity index (χ2n) is 6.31. The van der Waals surface area contributed by atoms with Crippen molar-refractivity contribution in [2.24, 2.45) is 17.4 Å². The highest BCUT2D eigenvalue weighted by Crippen LogP contribution is 2.31. The van der Waals surface area contributed by atoms with Crippen LogP contribution in [0.2, 0.25) is 6.32 Å². The zero-order chi connectivity index (χ0) is 19.4. The van der Waals surface area contributed by atoms with E-state index in [0.717, 1.165) is 4.31 Å². The molecule has 11 nitrogen and oxygen atoms in total. The van der Waals surface area contributed by atoms with Crippen LogP contribution >= 0.6 is 0 Å². The molecular formula is C12H24BN5O6S. The van der Waals surface area contributed by atoms with Gasteiger partial charge in [-0.05, 0) is 19.7 Å². The Balaban J connectivity index is 2.89. The van der Waals surface area contributed by atoms with Crippen LogP contribution in [0.4, 0.5) is 0 Å². The highest BCUT2D eigenvalue weighted by Gasteiger charge is 2.52. The summed E-state index contributed by atoms with van der Waals surface area (Å²) in [5.41, 5.74) is 9.62. The van der Waals surface area contributed by atoms with E-state index in [4.69, 9.17) is 26.8 Å². The SMILES string of the molecule is C[C@@H](NS(=O)(=O)N1C[C@H](CCCB(O)O)[C@](N)(C(=O)O)C1)C(N)C#N. The number of carboxylic acid groups (broad SMARTS) is 1. The van der Waals surface area contributed by atoms with E-state index in [0.29, 0.717) is 0 Å². The number of nitrogens with zero attached hydrogens (tertiary/aromatic N) is 2. The number of rotatable bonds is 9. The molecule has 0 saturated carbocycles. The Morgan fingerprint density at radius 1 is 1.56 bits per heavy atom. The molecule has 0 amide bonds. The zero-order valence-corrected chi connectivity index (χ0v) is 14.7. The van der Waals surface area contributed by atoms with E-state index in [1.807, 2.05) is 0 Å². The van der Waals surface area contributed by atoms with Gasteiger partial charge in [0.05, 0.1) is 6.07 Å². The van der Waals surface area contributed by atoms with Crippen molar-refractivity contribution in [1.29, 1.82) is 5.26 Å². The molecule has 8 N–H and O–H groups in total. The third-order valence-electron chi connectivity index (χ3n) is 4.37. The van der Waals surface area contributed by atoms with Crippen LogP contribution in [0.15, 0.2) is 0 Å². The Morgan fingerprint density at radius 3 is 2.64 bits per heavy atom.